The summed E-state index contributed by atoms with van der Waals surface area (Å²) < 4.78 is 16.1. The Kier molecular flexibility index (Phi) is 6.10. The number of hydrogen-bond donors (Lipinski definition) is 1. The predicted octanol–water partition coefficient (Wildman–Crippen LogP) is 3.83. The van der Waals surface area contributed by atoms with Crippen molar-refractivity contribution in [2.24, 2.45) is 0 Å². The number of anilines is 1. The number of fused-ring (bicyclic) bond motifs is 1. The van der Waals surface area contributed by atoms with Gasteiger partial charge in [-0.1, -0.05) is 23.7 Å². The molecule has 0 aliphatic rings. The lowest BCUT2D eigenvalue weighted by molar-refractivity contribution is 0.172. The highest BCUT2D eigenvalue weighted by atomic mass is 35.5. The average Bonchev–Trinajstić information content (AvgIpc) is 2.66. The normalized spacial score (nSPS) is 10.9. The van der Waals surface area contributed by atoms with Crippen molar-refractivity contribution in [2.45, 2.75) is 13.0 Å². The molecule has 0 atom stereocenters. The molecule has 8 heteroatoms. The van der Waals surface area contributed by atoms with Gasteiger partial charge in [0, 0.05) is 50.3 Å². The smallest absolute Gasteiger partial charge is 0.414 e. The van der Waals surface area contributed by atoms with Gasteiger partial charge in [0.15, 0.2) is 5.75 Å². The molecule has 3 rings (SSSR count). The Morgan fingerprint density at radius 2 is 1.97 bits per heavy atom. The van der Waals surface area contributed by atoms with Crippen LogP contribution in [0.3, 0.4) is 0 Å². The maximum absolute atomic E-state index is 12.7. The van der Waals surface area contributed by atoms with Gasteiger partial charge in [0.1, 0.15) is 5.58 Å². The van der Waals surface area contributed by atoms with Crippen LogP contribution in [-0.4, -0.2) is 32.2 Å². The van der Waals surface area contributed by atoms with Crippen LogP contribution < -0.4 is 16.1 Å². The Bertz CT molecular complexity index is 1120. The molecule has 29 heavy (non-hydrogen) atoms. The highest BCUT2D eigenvalue weighted by molar-refractivity contribution is 6.33. The van der Waals surface area contributed by atoms with Gasteiger partial charge < -0.3 is 24.5 Å². The molecular formula is C21H21ClN2O5. The van der Waals surface area contributed by atoms with Crippen molar-refractivity contribution in [3.8, 4) is 5.75 Å². The Labute approximate surface area is 172 Å². The van der Waals surface area contributed by atoms with E-state index in [1.54, 1.807) is 39.4 Å². The van der Waals surface area contributed by atoms with E-state index in [1.807, 2.05) is 12.1 Å². The van der Waals surface area contributed by atoms with Crippen LogP contribution in [0.1, 0.15) is 16.7 Å². The summed E-state index contributed by atoms with van der Waals surface area (Å²) in [6.45, 7) is 0.187. The predicted molar refractivity (Wildman–Crippen MR) is 112 cm³/mol. The largest absolute Gasteiger partial charge is 0.422 e. The lowest BCUT2D eigenvalue weighted by Crippen LogP contribution is -2.25. The van der Waals surface area contributed by atoms with Crippen molar-refractivity contribution in [2.75, 3.05) is 26.9 Å². The monoisotopic (exact) mass is 416 g/mol. The van der Waals surface area contributed by atoms with E-state index in [4.69, 9.17) is 31.2 Å². The van der Waals surface area contributed by atoms with Crippen molar-refractivity contribution < 1.29 is 18.7 Å². The van der Waals surface area contributed by atoms with Gasteiger partial charge in [-0.2, -0.15) is 0 Å². The summed E-state index contributed by atoms with van der Waals surface area (Å²) in [5.41, 5.74) is 8.20. The summed E-state index contributed by atoms with van der Waals surface area (Å²) >= 11 is 6.32. The lowest BCUT2D eigenvalue weighted by atomic mass is 9.98. The van der Waals surface area contributed by atoms with E-state index in [2.05, 4.69) is 0 Å². The van der Waals surface area contributed by atoms with E-state index in [0.717, 1.165) is 5.56 Å². The van der Waals surface area contributed by atoms with Crippen LogP contribution in [0.15, 0.2) is 45.6 Å². The second-order valence-corrected chi connectivity index (χ2v) is 7.15. The number of rotatable bonds is 5. The van der Waals surface area contributed by atoms with Crippen molar-refractivity contribution in [1.82, 2.24) is 4.90 Å². The Morgan fingerprint density at radius 3 is 2.62 bits per heavy atom. The lowest BCUT2D eigenvalue weighted by Gasteiger charge is -2.15. The van der Waals surface area contributed by atoms with Gasteiger partial charge in [-0.05, 0) is 29.3 Å². The first kappa shape index (κ1) is 20.7. The number of methoxy groups -OCH3 is 1. The van der Waals surface area contributed by atoms with Crippen LogP contribution in [-0.2, 0) is 17.8 Å². The molecule has 3 aromatic rings. The minimum absolute atomic E-state index is 0.105. The second kappa shape index (κ2) is 8.55. The summed E-state index contributed by atoms with van der Waals surface area (Å²) in [6, 6.07) is 10.3. The van der Waals surface area contributed by atoms with Crippen LogP contribution >= 0.6 is 11.6 Å². The SMILES string of the molecule is COCc1c(Cc2cccc(N)c2)c(=O)oc2cc(OC(=O)N(C)C)c(Cl)cc12. The quantitative estimate of drug-likeness (QED) is 0.501. The summed E-state index contributed by atoms with van der Waals surface area (Å²) in [6.07, 6.45) is -0.263. The Morgan fingerprint density at radius 1 is 1.21 bits per heavy atom. The second-order valence-electron chi connectivity index (χ2n) is 6.74. The Balaban J connectivity index is 2.13. The third kappa shape index (κ3) is 4.52. The first-order chi connectivity index (χ1) is 13.8. The average molecular weight is 417 g/mol. The van der Waals surface area contributed by atoms with E-state index in [0.29, 0.717) is 28.6 Å². The maximum atomic E-state index is 12.7. The maximum Gasteiger partial charge on any atom is 0.414 e. The molecule has 0 aliphatic carbocycles. The number of ether oxygens (including phenoxy) is 2. The molecule has 7 nitrogen and oxygen atoms in total. The summed E-state index contributed by atoms with van der Waals surface area (Å²) in [7, 11) is 4.65. The number of carbonyl (C=O) groups excluding carboxylic acids is 1. The number of nitrogens with two attached hydrogens (primary N) is 1. The molecule has 0 bridgehead atoms. The van der Waals surface area contributed by atoms with E-state index >= 15 is 0 Å². The fraction of sp³-hybridized carbons (Fsp3) is 0.238. The van der Waals surface area contributed by atoms with Crippen LogP contribution in [0.4, 0.5) is 10.5 Å². The van der Waals surface area contributed by atoms with Crippen LogP contribution in [0.5, 0.6) is 5.75 Å². The number of benzene rings is 2. The molecule has 1 amide bonds. The van der Waals surface area contributed by atoms with Crippen LogP contribution in [0.25, 0.3) is 11.0 Å². The zero-order valence-electron chi connectivity index (χ0n) is 16.3. The van der Waals surface area contributed by atoms with Crippen LogP contribution in [0.2, 0.25) is 5.02 Å². The number of nitrogens with zero attached hydrogens (tertiary/aromatic N) is 1. The van der Waals surface area contributed by atoms with Gasteiger partial charge in [-0.3, -0.25) is 0 Å². The van der Waals surface area contributed by atoms with Gasteiger partial charge in [0.2, 0.25) is 0 Å². The van der Waals surface area contributed by atoms with Gasteiger partial charge in [-0.25, -0.2) is 9.59 Å². The number of hydrogen-bond acceptors (Lipinski definition) is 6. The Hall–Kier alpha value is -3.03. The molecule has 0 radical (unpaired) electrons. The number of carbonyl (C=O) groups is 1. The third-order valence-electron chi connectivity index (χ3n) is 4.36. The van der Waals surface area contributed by atoms with Crippen LogP contribution in [0, 0.1) is 0 Å². The van der Waals surface area contributed by atoms with Crippen molar-refractivity contribution in [3.63, 3.8) is 0 Å². The minimum Gasteiger partial charge on any atom is -0.422 e. The fourth-order valence-corrected chi connectivity index (χ4v) is 3.16. The number of nitrogen functional groups attached to an aromatic ring is 1. The summed E-state index contributed by atoms with van der Waals surface area (Å²) in [5, 5.41) is 0.828. The molecule has 2 N–H and O–H groups in total. The van der Waals surface area contributed by atoms with Gasteiger partial charge in [-0.15, -0.1) is 0 Å². The highest BCUT2D eigenvalue weighted by Crippen LogP contribution is 2.33. The van der Waals surface area contributed by atoms with Crippen molar-refractivity contribution in [3.05, 3.63) is 68.5 Å². The van der Waals surface area contributed by atoms with E-state index < -0.39 is 11.7 Å². The molecular weight excluding hydrogens is 396 g/mol. The summed E-state index contributed by atoms with van der Waals surface area (Å²) in [4.78, 5) is 25.9. The zero-order valence-corrected chi connectivity index (χ0v) is 17.1. The van der Waals surface area contributed by atoms with E-state index in [9.17, 15) is 9.59 Å². The van der Waals surface area contributed by atoms with Gasteiger partial charge in [0.05, 0.1) is 11.6 Å². The molecule has 0 spiro atoms. The first-order valence-electron chi connectivity index (χ1n) is 8.80. The molecule has 152 valence electrons. The molecule has 0 saturated carbocycles. The standard InChI is InChI=1S/C21H21ClN2O5/c1-24(2)21(26)29-19-10-18-14(9-17(19)22)16(11-27-3)15(20(25)28-18)8-12-5-4-6-13(23)7-12/h4-7,9-10H,8,11,23H2,1-3H3. The topological polar surface area (TPSA) is 95.0 Å². The zero-order chi connectivity index (χ0) is 21.1. The van der Waals surface area contributed by atoms with Crippen molar-refractivity contribution >= 4 is 34.4 Å². The molecule has 0 saturated heterocycles. The summed E-state index contributed by atoms with van der Waals surface area (Å²) in [5.74, 6) is 0.105. The van der Waals surface area contributed by atoms with E-state index in [-0.39, 0.29) is 23.0 Å². The number of amides is 1. The first-order valence-corrected chi connectivity index (χ1v) is 9.18. The molecule has 0 unspecified atom stereocenters. The minimum atomic E-state index is -0.594. The highest BCUT2D eigenvalue weighted by Gasteiger charge is 2.19. The third-order valence-corrected chi connectivity index (χ3v) is 4.65. The fourth-order valence-electron chi connectivity index (χ4n) is 2.96. The van der Waals surface area contributed by atoms with Gasteiger partial charge in [0.25, 0.3) is 0 Å². The molecule has 1 heterocycles. The molecule has 2 aromatic carbocycles. The molecule has 0 aliphatic heterocycles. The molecule has 0 fully saturated rings. The van der Waals surface area contributed by atoms with Crippen molar-refractivity contribution in [1.29, 1.82) is 0 Å². The van der Waals surface area contributed by atoms with E-state index in [1.165, 1.54) is 11.0 Å². The number of halogens is 1. The van der Waals surface area contributed by atoms with Gasteiger partial charge >= 0.3 is 11.7 Å². The molecule has 1 aromatic heterocycles.